The number of amides is 1. The first-order valence-corrected chi connectivity index (χ1v) is 10.1. The van der Waals surface area contributed by atoms with Crippen LogP contribution in [0.4, 0.5) is 0 Å². The Labute approximate surface area is 154 Å². The molecule has 0 N–H and O–H groups in total. The molecule has 144 valence electrons. The lowest BCUT2D eigenvalue weighted by molar-refractivity contribution is -0.140. The third-order valence-electron chi connectivity index (χ3n) is 5.93. The molecule has 2 saturated heterocycles. The molecule has 0 saturated carbocycles. The van der Waals surface area contributed by atoms with E-state index in [1.165, 1.54) is 0 Å². The number of carbonyl (C=O) groups is 2. The Bertz CT molecular complexity index is 479. The molecule has 1 amide bonds. The summed E-state index contributed by atoms with van der Waals surface area (Å²) in [4.78, 5) is 29.8. The number of carbonyl (C=O) groups excluding carboxylic acids is 2. The lowest BCUT2D eigenvalue weighted by atomic mass is 9.82. The molecular formula is C21H38N2O2. The third kappa shape index (κ3) is 5.54. The number of Topliss-reactive ketones (excluding diaryl/α,β-unsaturated/α-hetero) is 1. The smallest absolute Gasteiger partial charge is 0.225 e. The summed E-state index contributed by atoms with van der Waals surface area (Å²) in [6.07, 6.45) is 4.68. The highest BCUT2D eigenvalue weighted by Crippen LogP contribution is 2.29. The van der Waals surface area contributed by atoms with Crippen molar-refractivity contribution in [3.05, 3.63) is 0 Å². The topological polar surface area (TPSA) is 40.6 Å². The first kappa shape index (κ1) is 20.4. The summed E-state index contributed by atoms with van der Waals surface area (Å²) in [7, 11) is 0. The van der Waals surface area contributed by atoms with Crippen LogP contribution >= 0.6 is 0 Å². The molecule has 2 rings (SSSR count). The van der Waals surface area contributed by atoms with Crippen LogP contribution in [0, 0.1) is 17.3 Å². The first-order valence-electron chi connectivity index (χ1n) is 10.1. The van der Waals surface area contributed by atoms with Crippen LogP contribution in [0.3, 0.4) is 0 Å². The second-order valence-electron chi connectivity index (χ2n) is 10.1. The third-order valence-corrected chi connectivity index (χ3v) is 5.93. The Morgan fingerprint density at radius 2 is 1.52 bits per heavy atom. The van der Waals surface area contributed by atoms with Gasteiger partial charge in [0.05, 0.1) is 0 Å². The van der Waals surface area contributed by atoms with Gasteiger partial charge in [0.2, 0.25) is 5.91 Å². The first-order chi connectivity index (χ1) is 11.5. The molecule has 0 aromatic carbocycles. The minimum absolute atomic E-state index is 0.177. The van der Waals surface area contributed by atoms with Gasteiger partial charge in [0.15, 0.2) is 0 Å². The molecule has 1 atom stereocenters. The standard InChI is InChI=1S/C21H38N2O2/c1-20(2,3)18(24)14-16-8-7-11-22(15-16)19(25)17-9-12-23(13-10-17)21(4,5)6/h16-17H,7-15H2,1-6H3. The van der Waals surface area contributed by atoms with Crippen LogP contribution in [0.1, 0.15) is 73.6 Å². The molecule has 2 aliphatic rings. The van der Waals surface area contributed by atoms with Crippen LogP contribution in [-0.2, 0) is 9.59 Å². The lowest BCUT2D eigenvalue weighted by Crippen LogP contribution is -2.50. The summed E-state index contributed by atoms with van der Waals surface area (Å²) in [5.41, 5.74) is -0.0797. The van der Waals surface area contributed by atoms with E-state index >= 15 is 0 Å². The molecule has 25 heavy (non-hydrogen) atoms. The molecule has 2 fully saturated rings. The second-order valence-corrected chi connectivity index (χ2v) is 10.1. The molecule has 0 spiro atoms. The minimum atomic E-state index is -0.272. The van der Waals surface area contributed by atoms with E-state index < -0.39 is 0 Å². The van der Waals surface area contributed by atoms with E-state index in [1.54, 1.807) is 0 Å². The van der Waals surface area contributed by atoms with Gasteiger partial charge in [-0.15, -0.1) is 0 Å². The Morgan fingerprint density at radius 1 is 0.920 bits per heavy atom. The van der Waals surface area contributed by atoms with Crippen molar-refractivity contribution in [2.24, 2.45) is 17.3 Å². The molecule has 4 nitrogen and oxygen atoms in total. The molecule has 0 aromatic rings. The zero-order valence-electron chi connectivity index (χ0n) is 17.2. The van der Waals surface area contributed by atoms with Gasteiger partial charge in [-0.3, -0.25) is 14.5 Å². The zero-order chi connectivity index (χ0) is 18.8. The second kappa shape index (κ2) is 7.77. The molecule has 0 bridgehead atoms. The van der Waals surface area contributed by atoms with Crippen molar-refractivity contribution in [3.63, 3.8) is 0 Å². The Morgan fingerprint density at radius 3 is 2.04 bits per heavy atom. The maximum absolute atomic E-state index is 13.0. The Kier molecular flexibility index (Phi) is 6.35. The van der Waals surface area contributed by atoms with Gasteiger partial charge < -0.3 is 4.90 Å². The van der Waals surface area contributed by atoms with Crippen LogP contribution < -0.4 is 0 Å². The SMILES string of the molecule is CC(C)(C)C(=O)CC1CCCN(C(=O)C2CCN(C(C)(C)C)CC2)C1. The number of piperidine rings is 2. The molecule has 1 unspecified atom stereocenters. The van der Waals surface area contributed by atoms with Crippen LogP contribution in [0.25, 0.3) is 0 Å². The van der Waals surface area contributed by atoms with E-state index in [4.69, 9.17) is 0 Å². The number of hydrogen-bond acceptors (Lipinski definition) is 3. The fourth-order valence-electron chi connectivity index (χ4n) is 4.06. The quantitative estimate of drug-likeness (QED) is 0.778. The van der Waals surface area contributed by atoms with Crippen LogP contribution in [0.15, 0.2) is 0 Å². The van der Waals surface area contributed by atoms with Crippen molar-refractivity contribution in [2.75, 3.05) is 26.2 Å². The maximum atomic E-state index is 13.0. The highest BCUT2D eigenvalue weighted by Gasteiger charge is 2.35. The predicted molar refractivity (Wildman–Crippen MR) is 102 cm³/mol. The van der Waals surface area contributed by atoms with Gasteiger partial charge in [0, 0.05) is 36.4 Å². The molecule has 2 aliphatic heterocycles. The predicted octanol–water partition coefficient (Wildman–Crippen LogP) is 3.74. The highest BCUT2D eigenvalue weighted by molar-refractivity contribution is 5.84. The van der Waals surface area contributed by atoms with Crippen LogP contribution in [0.2, 0.25) is 0 Å². The van der Waals surface area contributed by atoms with Gasteiger partial charge in [0.1, 0.15) is 5.78 Å². The summed E-state index contributed by atoms with van der Waals surface area (Å²) in [6, 6.07) is 0. The summed E-state index contributed by atoms with van der Waals surface area (Å²) >= 11 is 0. The van der Waals surface area contributed by atoms with Gasteiger partial charge in [-0.2, -0.15) is 0 Å². The van der Waals surface area contributed by atoms with Crippen molar-refractivity contribution in [1.29, 1.82) is 0 Å². The molecule has 4 heteroatoms. The molecule has 2 heterocycles. The summed E-state index contributed by atoms with van der Waals surface area (Å²) in [5, 5.41) is 0. The average Bonchev–Trinajstić information content (AvgIpc) is 2.53. The van der Waals surface area contributed by atoms with Crippen molar-refractivity contribution in [2.45, 2.75) is 79.2 Å². The van der Waals surface area contributed by atoms with Crippen LogP contribution in [-0.4, -0.2) is 53.2 Å². The van der Waals surface area contributed by atoms with Gasteiger partial charge in [-0.1, -0.05) is 20.8 Å². The fourth-order valence-corrected chi connectivity index (χ4v) is 4.06. The molecule has 0 radical (unpaired) electrons. The van der Waals surface area contributed by atoms with Crippen LogP contribution in [0.5, 0.6) is 0 Å². The Hall–Kier alpha value is -0.900. The summed E-state index contributed by atoms with van der Waals surface area (Å²) in [6.45, 7) is 16.4. The lowest BCUT2D eigenvalue weighted by Gasteiger charge is -2.42. The number of nitrogens with zero attached hydrogens (tertiary/aromatic N) is 2. The van der Waals surface area contributed by atoms with Crippen molar-refractivity contribution >= 4 is 11.7 Å². The van der Waals surface area contributed by atoms with Gasteiger partial charge in [-0.05, 0) is 65.5 Å². The molecule has 0 aliphatic carbocycles. The van der Waals surface area contributed by atoms with E-state index in [0.29, 0.717) is 24.0 Å². The van der Waals surface area contributed by atoms with Gasteiger partial charge in [-0.25, -0.2) is 0 Å². The van der Waals surface area contributed by atoms with E-state index in [1.807, 2.05) is 20.8 Å². The monoisotopic (exact) mass is 350 g/mol. The van der Waals surface area contributed by atoms with E-state index in [-0.39, 0.29) is 16.9 Å². The zero-order valence-corrected chi connectivity index (χ0v) is 17.2. The highest BCUT2D eigenvalue weighted by atomic mass is 16.2. The molecule has 0 aromatic heterocycles. The average molecular weight is 351 g/mol. The largest absolute Gasteiger partial charge is 0.342 e. The van der Waals surface area contributed by atoms with E-state index in [0.717, 1.165) is 51.9 Å². The number of likely N-dealkylation sites (tertiary alicyclic amines) is 2. The van der Waals surface area contributed by atoms with Gasteiger partial charge >= 0.3 is 0 Å². The van der Waals surface area contributed by atoms with Crippen molar-refractivity contribution < 1.29 is 9.59 Å². The minimum Gasteiger partial charge on any atom is -0.342 e. The number of ketones is 1. The van der Waals surface area contributed by atoms with Gasteiger partial charge in [0.25, 0.3) is 0 Å². The van der Waals surface area contributed by atoms with Crippen molar-refractivity contribution in [1.82, 2.24) is 9.80 Å². The maximum Gasteiger partial charge on any atom is 0.225 e. The summed E-state index contributed by atoms with van der Waals surface area (Å²) in [5.74, 6) is 1.18. The van der Waals surface area contributed by atoms with Crippen molar-refractivity contribution in [3.8, 4) is 0 Å². The number of rotatable bonds is 3. The number of hydrogen-bond donors (Lipinski definition) is 0. The summed E-state index contributed by atoms with van der Waals surface area (Å²) < 4.78 is 0. The normalized spacial score (nSPS) is 24.4. The Balaban J connectivity index is 1.87. The van der Waals surface area contributed by atoms with E-state index in [2.05, 4.69) is 30.6 Å². The molecular weight excluding hydrogens is 312 g/mol. The van der Waals surface area contributed by atoms with E-state index in [9.17, 15) is 9.59 Å². The fraction of sp³-hybridized carbons (Fsp3) is 0.905.